The predicted molar refractivity (Wildman–Crippen MR) is 122 cm³/mol. The van der Waals surface area contributed by atoms with E-state index in [0.29, 0.717) is 51.2 Å². The number of amides is 1. The van der Waals surface area contributed by atoms with Crippen LogP contribution in [0.2, 0.25) is 15.1 Å². The van der Waals surface area contributed by atoms with Crippen LogP contribution in [0.25, 0.3) is 11.5 Å². The molecule has 0 saturated carbocycles. The summed E-state index contributed by atoms with van der Waals surface area (Å²) >= 11 is 18.2. The minimum absolute atomic E-state index is 0.0806. The molecule has 1 amide bonds. The minimum atomic E-state index is -0.0806. The molecule has 1 fully saturated rings. The Hall–Kier alpha value is -2.16. The molecule has 31 heavy (non-hydrogen) atoms. The van der Waals surface area contributed by atoms with Crippen LogP contribution < -0.4 is 5.32 Å². The number of para-hydroxylation sites is 1. The molecule has 0 spiro atoms. The van der Waals surface area contributed by atoms with Gasteiger partial charge in [0, 0.05) is 31.2 Å². The van der Waals surface area contributed by atoms with Crippen LogP contribution in [0.15, 0.2) is 46.9 Å². The van der Waals surface area contributed by atoms with Crippen LogP contribution in [0, 0.1) is 0 Å². The van der Waals surface area contributed by atoms with E-state index < -0.39 is 0 Å². The Morgan fingerprint density at radius 3 is 2.45 bits per heavy atom. The second kappa shape index (κ2) is 9.97. The molecule has 3 aromatic rings. The summed E-state index contributed by atoms with van der Waals surface area (Å²) in [7, 11) is 0. The number of hydrogen-bond acceptors (Lipinski definition) is 6. The number of benzene rings is 2. The van der Waals surface area contributed by atoms with Crippen LogP contribution in [0.4, 0.5) is 5.69 Å². The van der Waals surface area contributed by atoms with Crippen LogP contribution >= 0.6 is 34.8 Å². The van der Waals surface area contributed by atoms with Crippen molar-refractivity contribution >= 4 is 46.4 Å². The highest BCUT2D eigenvalue weighted by atomic mass is 35.5. The lowest BCUT2D eigenvalue weighted by atomic mass is 10.2. The third-order valence-electron chi connectivity index (χ3n) is 4.97. The summed E-state index contributed by atoms with van der Waals surface area (Å²) in [6.45, 7) is 3.97. The number of nitrogens with zero attached hydrogens (tertiary/aromatic N) is 4. The third-order valence-corrected chi connectivity index (χ3v) is 5.84. The number of halogens is 3. The Balaban J connectivity index is 1.26. The molecule has 1 N–H and O–H groups in total. The van der Waals surface area contributed by atoms with Gasteiger partial charge in [0.15, 0.2) is 0 Å². The van der Waals surface area contributed by atoms with Crippen molar-refractivity contribution in [2.75, 3.05) is 38.0 Å². The minimum Gasteiger partial charge on any atom is -0.419 e. The number of rotatable bonds is 6. The molecule has 7 nitrogen and oxygen atoms in total. The SMILES string of the molecule is O=C(CN1CCN(Cc2nnc(-c3ccc(Cl)cc3Cl)o2)CC1)Nc1ccccc1Cl. The van der Waals surface area contributed by atoms with Gasteiger partial charge in [0.25, 0.3) is 0 Å². The first-order chi connectivity index (χ1) is 15.0. The second-order valence-corrected chi connectivity index (χ2v) is 8.46. The van der Waals surface area contributed by atoms with Crippen LogP contribution in [0.5, 0.6) is 0 Å². The lowest BCUT2D eigenvalue weighted by molar-refractivity contribution is -0.117. The first kappa shape index (κ1) is 22.0. The van der Waals surface area contributed by atoms with Gasteiger partial charge < -0.3 is 9.73 Å². The molecular formula is C21H20Cl3N5O2. The van der Waals surface area contributed by atoms with Crippen LogP contribution in [-0.2, 0) is 11.3 Å². The molecule has 1 aliphatic rings. The van der Waals surface area contributed by atoms with Gasteiger partial charge in [-0.15, -0.1) is 10.2 Å². The maximum absolute atomic E-state index is 12.3. The number of carbonyl (C=O) groups excluding carboxylic acids is 1. The summed E-state index contributed by atoms with van der Waals surface area (Å²) in [6, 6.07) is 12.3. The standard InChI is InChI=1S/C21H20Cl3N5O2/c22-14-5-6-15(17(24)11-14)21-27-26-20(31-21)13-29-9-7-28(8-10-29)12-19(30)25-18-4-2-1-3-16(18)23/h1-6,11H,7-10,12-13H2,(H,25,30). The molecule has 162 valence electrons. The molecule has 1 aromatic heterocycles. The molecule has 10 heteroatoms. The van der Waals surface area contributed by atoms with Crippen molar-refractivity contribution in [3.8, 4) is 11.5 Å². The molecule has 0 bridgehead atoms. The Morgan fingerprint density at radius 1 is 0.968 bits per heavy atom. The molecule has 0 radical (unpaired) electrons. The highest BCUT2D eigenvalue weighted by molar-refractivity contribution is 6.36. The fraction of sp³-hybridized carbons (Fsp3) is 0.286. The van der Waals surface area contributed by atoms with Crippen molar-refractivity contribution < 1.29 is 9.21 Å². The van der Waals surface area contributed by atoms with E-state index in [4.69, 9.17) is 39.2 Å². The van der Waals surface area contributed by atoms with Crippen molar-refractivity contribution in [3.05, 3.63) is 63.4 Å². The van der Waals surface area contributed by atoms with Gasteiger partial charge in [-0.1, -0.05) is 46.9 Å². The summed E-state index contributed by atoms with van der Waals surface area (Å²) in [5.41, 5.74) is 1.28. The van der Waals surface area contributed by atoms with E-state index in [2.05, 4.69) is 25.3 Å². The molecule has 4 rings (SSSR count). The first-order valence-electron chi connectivity index (χ1n) is 9.75. The van der Waals surface area contributed by atoms with E-state index >= 15 is 0 Å². The summed E-state index contributed by atoms with van der Waals surface area (Å²) in [5.74, 6) is 0.806. The number of hydrogen-bond donors (Lipinski definition) is 1. The van der Waals surface area contributed by atoms with Gasteiger partial charge >= 0.3 is 0 Å². The lowest BCUT2D eigenvalue weighted by Crippen LogP contribution is -2.48. The molecule has 0 unspecified atom stereocenters. The number of aromatic nitrogens is 2. The first-order valence-corrected chi connectivity index (χ1v) is 10.9. The van der Waals surface area contributed by atoms with E-state index in [1.54, 1.807) is 30.3 Å². The van der Waals surface area contributed by atoms with E-state index in [1.807, 2.05) is 12.1 Å². The number of nitrogens with one attached hydrogen (secondary N) is 1. The topological polar surface area (TPSA) is 74.5 Å². The number of piperazine rings is 1. The van der Waals surface area contributed by atoms with Gasteiger partial charge in [0.2, 0.25) is 17.7 Å². The van der Waals surface area contributed by atoms with Crippen molar-refractivity contribution in [2.24, 2.45) is 0 Å². The summed E-state index contributed by atoms with van der Waals surface area (Å²) in [5, 5.41) is 12.6. The van der Waals surface area contributed by atoms with Crippen LogP contribution in [0.3, 0.4) is 0 Å². The summed E-state index contributed by atoms with van der Waals surface area (Å²) in [6.07, 6.45) is 0. The third kappa shape index (κ3) is 5.75. The normalized spacial score (nSPS) is 15.2. The average Bonchev–Trinajstić information content (AvgIpc) is 3.19. The summed E-state index contributed by atoms with van der Waals surface area (Å²) < 4.78 is 5.78. The maximum atomic E-state index is 12.3. The molecule has 0 atom stereocenters. The van der Waals surface area contributed by atoms with E-state index in [0.717, 1.165) is 26.2 Å². The molecule has 1 saturated heterocycles. The molecular weight excluding hydrogens is 461 g/mol. The van der Waals surface area contributed by atoms with E-state index in [1.165, 1.54) is 0 Å². The molecule has 2 aromatic carbocycles. The van der Waals surface area contributed by atoms with Gasteiger partial charge in [0.1, 0.15) is 0 Å². The molecule has 0 aliphatic carbocycles. The highest BCUT2D eigenvalue weighted by Gasteiger charge is 2.21. The van der Waals surface area contributed by atoms with E-state index in [-0.39, 0.29) is 5.91 Å². The Kier molecular flexibility index (Phi) is 7.09. The van der Waals surface area contributed by atoms with E-state index in [9.17, 15) is 4.79 Å². The Bertz CT molecular complexity index is 1070. The maximum Gasteiger partial charge on any atom is 0.249 e. The monoisotopic (exact) mass is 479 g/mol. The van der Waals surface area contributed by atoms with Crippen LogP contribution in [-0.4, -0.2) is 58.6 Å². The smallest absolute Gasteiger partial charge is 0.249 e. The van der Waals surface area contributed by atoms with Gasteiger partial charge in [0.05, 0.1) is 34.4 Å². The Labute approximate surface area is 194 Å². The largest absolute Gasteiger partial charge is 0.419 e. The Morgan fingerprint density at radius 2 is 1.71 bits per heavy atom. The molecule has 2 heterocycles. The molecule has 1 aliphatic heterocycles. The second-order valence-electron chi connectivity index (χ2n) is 7.21. The van der Waals surface area contributed by atoms with Crippen molar-refractivity contribution in [2.45, 2.75) is 6.54 Å². The lowest BCUT2D eigenvalue weighted by Gasteiger charge is -2.33. The van der Waals surface area contributed by atoms with Crippen molar-refractivity contribution in [3.63, 3.8) is 0 Å². The number of anilines is 1. The van der Waals surface area contributed by atoms with Crippen molar-refractivity contribution in [1.82, 2.24) is 20.0 Å². The fourth-order valence-corrected chi connectivity index (χ4v) is 4.01. The zero-order valence-electron chi connectivity index (χ0n) is 16.5. The van der Waals surface area contributed by atoms with Gasteiger partial charge in [-0.2, -0.15) is 0 Å². The average molecular weight is 481 g/mol. The van der Waals surface area contributed by atoms with Gasteiger partial charge in [-0.25, -0.2) is 0 Å². The van der Waals surface area contributed by atoms with Gasteiger partial charge in [-0.3, -0.25) is 14.6 Å². The highest BCUT2D eigenvalue weighted by Crippen LogP contribution is 2.29. The van der Waals surface area contributed by atoms with Crippen molar-refractivity contribution in [1.29, 1.82) is 0 Å². The van der Waals surface area contributed by atoms with Gasteiger partial charge in [-0.05, 0) is 30.3 Å². The summed E-state index contributed by atoms with van der Waals surface area (Å²) in [4.78, 5) is 16.6. The fourth-order valence-electron chi connectivity index (χ4n) is 3.34. The zero-order chi connectivity index (χ0) is 21.8. The predicted octanol–water partition coefficient (Wildman–Crippen LogP) is 4.45. The number of carbonyl (C=O) groups is 1. The zero-order valence-corrected chi connectivity index (χ0v) is 18.8. The van der Waals surface area contributed by atoms with Crippen LogP contribution in [0.1, 0.15) is 5.89 Å². The quantitative estimate of drug-likeness (QED) is 0.562.